The van der Waals surface area contributed by atoms with Crippen LogP contribution in [0.5, 0.6) is 0 Å². The van der Waals surface area contributed by atoms with Crippen LogP contribution in [-0.4, -0.2) is 15.0 Å². The highest BCUT2D eigenvalue weighted by Gasteiger charge is 2.14. The van der Waals surface area contributed by atoms with Crippen LogP contribution in [0.2, 0.25) is 5.02 Å². The van der Waals surface area contributed by atoms with Crippen molar-refractivity contribution in [2.24, 2.45) is 0 Å². The van der Waals surface area contributed by atoms with Gasteiger partial charge in [-0.05, 0) is 17.2 Å². The van der Waals surface area contributed by atoms with E-state index in [1.165, 1.54) is 0 Å². The summed E-state index contributed by atoms with van der Waals surface area (Å²) in [6, 6.07) is 44.5. The van der Waals surface area contributed by atoms with Gasteiger partial charge in [-0.1, -0.05) is 139 Å². The van der Waals surface area contributed by atoms with E-state index in [-0.39, 0.29) is 0 Å². The summed E-state index contributed by atoms with van der Waals surface area (Å²) in [4.78, 5) is 14.5. The molecule has 0 aliphatic rings. The zero-order chi connectivity index (χ0) is 25.0. The summed E-state index contributed by atoms with van der Waals surface area (Å²) in [6.45, 7) is 0. The Morgan fingerprint density at radius 1 is 0.351 bits per heavy atom. The summed E-state index contributed by atoms with van der Waals surface area (Å²) in [5.74, 6) is 1.89. The Balaban J connectivity index is 1.47. The predicted molar refractivity (Wildman–Crippen MR) is 152 cm³/mol. The van der Waals surface area contributed by atoms with Gasteiger partial charge in [-0.2, -0.15) is 0 Å². The predicted octanol–water partition coefficient (Wildman–Crippen LogP) is 8.86. The van der Waals surface area contributed by atoms with Crippen LogP contribution in [0.15, 0.2) is 133 Å². The van der Waals surface area contributed by atoms with Crippen molar-refractivity contribution in [2.75, 3.05) is 0 Å². The molecule has 0 bridgehead atoms. The molecule has 6 rings (SSSR count). The fourth-order valence-electron chi connectivity index (χ4n) is 4.36. The molecule has 1 aromatic heterocycles. The zero-order valence-electron chi connectivity index (χ0n) is 19.9. The third-order valence-corrected chi connectivity index (χ3v) is 6.62. The van der Waals surface area contributed by atoms with Gasteiger partial charge in [0, 0.05) is 27.8 Å². The Morgan fingerprint density at radius 2 is 0.730 bits per heavy atom. The zero-order valence-corrected chi connectivity index (χ0v) is 20.7. The Hall–Kier alpha value is -4.60. The van der Waals surface area contributed by atoms with E-state index in [1.807, 2.05) is 103 Å². The lowest BCUT2D eigenvalue weighted by Crippen LogP contribution is -2.00. The van der Waals surface area contributed by atoms with Crippen LogP contribution in [0, 0.1) is 0 Å². The van der Waals surface area contributed by atoms with Gasteiger partial charge in [-0.3, -0.25) is 0 Å². The molecule has 0 N–H and O–H groups in total. The second kappa shape index (κ2) is 10.2. The lowest BCUT2D eigenvalue weighted by Gasteiger charge is -2.12. The average molecular weight is 496 g/mol. The van der Waals surface area contributed by atoms with Crippen molar-refractivity contribution in [1.29, 1.82) is 0 Å². The number of benzene rings is 5. The highest BCUT2D eigenvalue weighted by atomic mass is 35.5. The van der Waals surface area contributed by atoms with Crippen LogP contribution in [-0.2, 0) is 0 Å². The van der Waals surface area contributed by atoms with Gasteiger partial charge in [-0.25, -0.2) is 15.0 Å². The number of halogens is 1. The van der Waals surface area contributed by atoms with Gasteiger partial charge in [0.15, 0.2) is 17.5 Å². The highest BCUT2D eigenvalue weighted by molar-refractivity contribution is 6.36. The molecule has 1 heterocycles. The average Bonchev–Trinajstić information content (AvgIpc) is 2.98. The summed E-state index contributed by atoms with van der Waals surface area (Å²) in [7, 11) is 0. The fourth-order valence-corrected chi connectivity index (χ4v) is 4.70. The molecule has 0 aliphatic carbocycles. The highest BCUT2D eigenvalue weighted by Crippen LogP contribution is 2.37. The van der Waals surface area contributed by atoms with Gasteiger partial charge in [0.1, 0.15) is 0 Å². The smallest absolute Gasteiger partial charge is 0.164 e. The van der Waals surface area contributed by atoms with Gasteiger partial charge in [0.05, 0.1) is 5.02 Å². The van der Waals surface area contributed by atoms with Crippen LogP contribution in [0.25, 0.3) is 56.4 Å². The summed E-state index contributed by atoms with van der Waals surface area (Å²) < 4.78 is 0. The summed E-state index contributed by atoms with van der Waals surface area (Å²) in [6.07, 6.45) is 0. The van der Waals surface area contributed by atoms with E-state index in [2.05, 4.69) is 30.3 Å². The maximum absolute atomic E-state index is 6.95. The maximum Gasteiger partial charge on any atom is 0.164 e. The largest absolute Gasteiger partial charge is 0.208 e. The van der Waals surface area contributed by atoms with Crippen molar-refractivity contribution in [3.63, 3.8) is 0 Å². The van der Waals surface area contributed by atoms with Crippen molar-refractivity contribution in [2.45, 2.75) is 0 Å². The molecule has 0 saturated carbocycles. The molecule has 6 aromatic rings. The summed E-state index contributed by atoms with van der Waals surface area (Å²) in [5, 5.41) is 0.719. The van der Waals surface area contributed by atoms with Gasteiger partial charge < -0.3 is 0 Å². The minimum atomic E-state index is 0.616. The minimum Gasteiger partial charge on any atom is -0.208 e. The summed E-state index contributed by atoms with van der Waals surface area (Å²) >= 11 is 6.95. The van der Waals surface area contributed by atoms with Gasteiger partial charge in [0.25, 0.3) is 0 Å². The standard InChI is InChI=1S/C33H22ClN3/c34-30-28(23-12-4-1-5-13-23)20-11-21-29(30)26-18-10-19-27(22-26)33-36-31(24-14-6-2-7-15-24)35-32(37-33)25-16-8-3-9-17-25/h1-22H. The minimum absolute atomic E-state index is 0.616. The second-order valence-corrected chi connectivity index (χ2v) is 9.03. The Bertz CT molecular complexity index is 1610. The number of hydrogen-bond acceptors (Lipinski definition) is 3. The van der Waals surface area contributed by atoms with E-state index in [4.69, 9.17) is 26.6 Å². The monoisotopic (exact) mass is 495 g/mol. The van der Waals surface area contributed by atoms with Crippen molar-refractivity contribution < 1.29 is 0 Å². The molecule has 0 fully saturated rings. The fraction of sp³-hybridized carbons (Fsp3) is 0. The van der Waals surface area contributed by atoms with E-state index < -0.39 is 0 Å². The molecule has 4 heteroatoms. The first-order valence-corrected chi connectivity index (χ1v) is 12.5. The van der Waals surface area contributed by atoms with Crippen LogP contribution in [0.3, 0.4) is 0 Å². The van der Waals surface area contributed by atoms with Gasteiger partial charge in [0.2, 0.25) is 0 Å². The quantitative estimate of drug-likeness (QED) is 0.240. The van der Waals surface area contributed by atoms with E-state index in [9.17, 15) is 0 Å². The number of rotatable bonds is 5. The number of hydrogen-bond donors (Lipinski definition) is 0. The van der Waals surface area contributed by atoms with E-state index in [1.54, 1.807) is 0 Å². The Morgan fingerprint density at radius 3 is 1.27 bits per heavy atom. The van der Waals surface area contributed by atoms with Gasteiger partial charge in [-0.15, -0.1) is 0 Å². The summed E-state index contributed by atoms with van der Waals surface area (Å²) in [5.41, 5.74) is 6.84. The lowest BCUT2D eigenvalue weighted by atomic mass is 9.97. The van der Waals surface area contributed by atoms with Crippen molar-refractivity contribution in [3.05, 3.63) is 138 Å². The first-order valence-electron chi connectivity index (χ1n) is 12.1. The molecule has 0 unspecified atom stereocenters. The lowest BCUT2D eigenvalue weighted by molar-refractivity contribution is 1.07. The molecule has 3 nitrogen and oxygen atoms in total. The second-order valence-electron chi connectivity index (χ2n) is 8.65. The van der Waals surface area contributed by atoms with Crippen LogP contribution >= 0.6 is 11.6 Å². The maximum atomic E-state index is 6.95. The number of nitrogens with zero attached hydrogens (tertiary/aromatic N) is 3. The van der Waals surface area contributed by atoms with E-state index in [0.29, 0.717) is 17.5 Å². The molecule has 176 valence electrons. The Kier molecular flexibility index (Phi) is 6.28. The molecule has 0 radical (unpaired) electrons. The van der Waals surface area contributed by atoms with Crippen LogP contribution in [0.4, 0.5) is 0 Å². The van der Waals surface area contributed by atoms with E-state index >= 15 is 0 Å². The number of aromatic nitrogens is 3. The normalized spacial score (nSPS) is 10.8. The molecule has 0 amide bonds. The molecular weight excluding hydrogens is 474 g/mol. The molecule has 0 spiro atoms. The third-order valence-electron chi connectivity index (χ3n) is 6.21. The Labute approximate surface area is 221 Å². The molecule has 37 heavy (non-hydrogen) atoms. The molecule has 0 saturated heterocycles. The molecular formula is C33H22ClN3. The SMILES string of the molecule is Clc1c(-c2ccccc2)cccc1-c1cccc(-c2nc(-c3ccccc3)nc(-c3ccccc3)n2)c1. The first kappa shape index (κ1) is 22.8. The molecule has 5 aromatic carbocycles. The third kappa shape index (κ3) is 4.77. The molecule has 0 aliphatic heterocycles. The van der Waals surface area contributed by atoms with Crippen molar-refractivity contribution in [1.82, 2.24) is 15.0 Å². The molecule has 0 atom stereocenters. The van der Waals surface area contributed by atoms with Gasteiger partial charge >= 0.3 is 0 Å². The van der Waals surface area contributed by atoms with Crippen LogP contribution < -0.4 is 0 Å². The van der Waals surface area contributed by atoms with Crippen LogP contribution in [0.1, 0.15) is 0 Å². The van der Waals surface area contributed by atoms with Crippen molar-refractivity contribution >= 4 is 11.6 Å². The topological polar surface area (TPSA) is 38.7 Å². The van der Waals surface area contributed by atoms with E-state index in [0.717, 1.165) is 44.0 Å². The van der Waals surface area contributed by atoms with Crippen molar-refractivity contribution in [3.8, 4) is 56.4 Å². The first-order chi connectivity index (χ1) is 18.3.